The lowest BCUT2D eigenvalue weighted by molar-refractivity contribution is -0.484. The third-order valence-corrected chi connectivity index (χ3v) is 3.75. The molecule has 2 atom stereocenters. The first-order valence-electron chi connectivity index (χ1n) is 7.30. The molecule has 2 aromatic rings. The van der Waals surface area contributed by atoms with Crippen molar-refractivity contribution in [3.63, 3.8) is 0 Å². The number of rotatable bonds is 7. The molecule has 0 aliphatic heterocycles. The summed E-state index contributed by atoms with van der Waals surface area (Å²) in [6, 6.07) is 7.26. The van der Waals surface area contributed by atoms with E-state index in [9.17, 15) is 19.7 Å². The normalized spacial score (nSPS) is 13.5. The van der Waals surface area contributed by atoms with E-state index >= 15 is 0 Å². The maximum atomic E-state index is 12.2. The fourth-order valence-corrected chi connectivity index (χ4v) is 2.79. The summed E-state index contributed by atoms with van der Waals surface area (Å²) in [5, 5.41) is 11.8. The van der Waals surface area contributed by atoms with Crippen molar-refractivity contribution in [2.75, 3.05) is 13.2 Å². The van der Waals surface area contributed by atoms with E-state index in [4.69, 9.17) is 4.74 Å². The second kappa shape index (κ2) is 7.04. The Labute approximate surface area is 132 Å². The molecule has 2 rings (SSSR count). The molecule has 0 saturated heterocycles. The minimum Gasteiger partial charge on any atom is -0.465 e. The van der Waals surface area contributed by atoms with Gasteiger partial charge in [-0.05, 0) is 25.5 Å². The van der Waals surface area contributed by atoms with Crippen molar-refractivity contribution in [1.82, 2.24) is 4.98 Å². The molecule has 7 nitrogen and oxygen atoms in total. The Morgan fingerprint density at radius 3 is 2.65 bits per heavy atom. The fraction of sp³-hybridized carbons (Fsp3) is 0.375. The molecule has 0 bridgehead atoms. The van der Waals surface area contributed by atoms with E-state index in [1.807, 2.05) is 12.1 Å². The highest BCUT2D eigenvalue weighted by Gasteiger charge is 2.39. The van der Waals surface area contributed by atoms with Gasteiger partial charge in [-0.2, -0.15) is 0 Å². The fourth-order valence-electron chi connectivity index (χ4n) is 2.79. The van der Waals surface area contributed by atoms with Crippen molar-refractivity contribution >= 4 is 22.7 Å². The number of nitro groups is 1. The third-order valence-electron chi connectivity index (χ3n) is 3.75. The molecular formula is C16H18N2O5. The molecule has 0 saturated carbocycles. The van der Waals surface area contributed by atoms with Gasteiger partial charge in [0.2, 0.25) is 6.54 Å². The second-order valence-corrected chi connectivity index (χ2v) is 5.25. The van der Waals surface area contributed by atoms with E-state index in [2.05, 4.69) is 4.98 Å². The molecule has 1 aromatic carbocycles. The van der Waals surface area contributed by atoms with Gasteiger partial charge in [0.25, 0.3) is 0 Å². The number of aromatic nitrogens is 1. The molecule has 122 valence electrons. The summed E-state index contributed by atoms with van der Waals surface area (Å²) < 4.78 is 4.95. The van der Waals surface area contributed by atoms with Crippen LogP contribution < -0.4 is 0 Å². The van der Waals surface area contributed by atoms with Crippen LogP contribution in [0.1, 0.15) is 25.3 Å². The average Bonchev–Trinajstić information content (AvgIpc) is 2.89. The number of nitrogens with one attached hydrogen (secondary N) is 1. The summed E-state index contributed by atoms with van der Waals surface area (Å²) in [6.45, 7) is 2.47. The van der Waals surface area contributed by atoms with Crippen LogP contribution in [-0.4, -0.2) is 34.8 Å². The molecule has 1 heterocycles. The molecule has 1 N–H and O–H groups in total. The van der Waals surface area contributed by atoms with Gasteiger partial charge < -0.3 is 9.72 Å². The van der Waals surface area contributed by atoms with E-state index < -0.39 is 35.1 Å². The first kappa shape index (κ1) is 16.7. The van der Waals surface area contributed by atoms with E-state index in [1.165, 1.54) is 6.92 Å². The number of nitrogens with zero attached hydrogens (tertiary/aromatic N) is 1. The minimum atomic E-state index is -1.19. The zero-order chi connectivity index (χ0) is 17.0. The van der Waals surface area contributed by atoms with Crippen molar-refractivity contribution in [1.29, 1.82) is 0 Å². The van der Waals surface area contributed by atoms with Gasteiger partial charge in [0.1, 0.15) is 11.7 Å². The van der Waals surface area contributed by atoms with Crippen molar-refractivity contribution in [3.8, 4) is 0 Å². The van der Waals surface area contributed by atoms with Crippen molar-refractivity contribution in [2.24, 2.45) is 5.92 Å². The summed E-state index contributed by atoms with van der Waals surface area (Å²) in [5.74, 6) is -3.24. The molecule has 0 amide bonds. The SMILES string of the molecule is CCOC(=O)C(C(C)=O)C(C[N+](=O)[O-])c1c[nH]c2ccccc12. The van der Waals surface area contributed by atoms with Gasteiger partial charge in [-0.25, -0.2) is 0 Å². The van der Waals surface area contributed by atoms with Crippen LogP contribution in [0.3, 0.4) is 0 Å². The lowest BCUT2D eigenvalue weighted by Gasteiger charge is -2.20. The maximum Gasteiger partial charge on any atom is 0.317 e. The van der Waals surface area contributed by atoms with Gasteiger partial charge in [0.15, 0.2) is 0 Å². The largest absolute Gasteiger partial charge is 0.465 e. The number of fused-ring (bicyclic) bond motifs is 1. The molecule has 23 heavy (non-hydrogen) atoms. The predicted molar refractivity (Wildman–Crippen MR) is 83.7 cm³/mol. The summed E-state index contributed by atoms with van der Waals surface area (Å²) in [6.07, 6.45) is 1.62. The maximum absolute atomic E-state index is 12.2. The first-order chi connectivity index (χ1) is 11.0. The first-order valence-corrected chi connectivity index (χ1v) is 7.30. The van der Waals surface area contributed by atoms with Gasteiger partial charge in [0, 0.05) is 22.0 Å². The molecule has 7 heteroatoms. The Kier molecular flexibility index (Phi) is 5.10. The molecule has 0 aliphatic rings. The van der Waals surface area contributed by atoms with Crippen LogP contribution in [0, 0.1) is 16.0 Å². The molecule has 0 radical (unpaired) electrons. The predicted octanol–water partition coefficient (Wildman–Crippen LogP) is 2.30. The van der Waals surface area contributed by atoms with E-state index in [0.29, 0.717) is 5.56 Å². The Bertz CT molecular complexity index is 737. The highest BCUT2D eigenvalue weighted by atomic mass is 16.6. The number of carbonyl (C=O) groups excluding carboxylic acids is 2. The number of ketones is 1. The Balaban J connectivity index is 2.52. The number of aromatic amines is 1. The minimum absolute atomic E-state index is 0.113. The number of H-pyrrole nitrogens is 1. The molecule has 2 unspecified atom stereocenters. The number of Topliss-reactive ketones (excluding diaryl/α,β-unsaturated/α-hetero) is 1. The summed E-state index contributed by atoms with van der Waals surface area (Å²) in [4.78, 5) is 37.7. The van der Waals surface area contributed by atoms with Crippen LogP contribution >= 0.6 is 0 Å². The highest BCUT2D eigenvalue weighted by Crippen LogP contribution is 2.32. The van der Waals surface area contributed by atoms with Crippen LogP contribution in [0.25, 0.3) is 10.9 Å². The molecule has 1 aromatic heterocycles. The van der Waals surface area contributed by atoms with Gasteiger partial charge >= 0.3 is 5.97 Å². The summed E-state index contributed by atoms with van der Waals surface area (Å²) in [5.41, 5.74) is 1.37. The van der Waals surface area contributed by atoms with Gasteiger partial charge in [0.05, 0.1) is 12.5 Å². The van der Waals surface area contributed by atoms with Crippen molar-refractivity contribution < 1.29 is 19.2 Å². The number of carbonyl (C=O) groups is 2. The summed E-state index contributed by atoms with van der Waals surface area (Å²) in [7, 11) is 0. The van der Waals surface area contributed by atoms with Gasteiger partial charge in [-0.3, -0.25) is 19.7 Å². The molecule has 0 aliphatic carbocycles. The zero-order valence-corrected chi connectivity index (χ0v) is 12.9. The number of benzene rings is 1. The molecular weight excluding hydrogens is 300 g/mol. The summed E-state index contributed by atoms with van der Waals surface area (Å²) >= 11 is 0. The zero-order valence-electron chi connectivity index (χ0n) is 12.9. The van der Waals surface area contributed by atoms with Gasteiger partial charge in [-0.15, -0.1) is 0 Å². The topological polar surface area (TPSA) is 102 Å². The van der Waals surface area contributed by atoms with Crippen molar-refractivity contribution in [3.05, 3.63) is 46.1 Å². The monoisotopic (exact) mass is 318 g/mol. The van der Waals surface area contributed by atoms with Crippen LogP contribution in [-0.2, 0) is 14.3 Å². The van der Waals surface area contributed by atoms with Crippen LogP contribution in [0.15, 0.2) is 30.5 Å². The number of hydrogen-bond donors (Lipinski definition) is 1. The average molecular weight is 318 g/mol. The molecule has 0 spiro atoms. The lowest BCUT2D eigenvalue weighted by Crippen LogP contribution is -2.34. The Morgan fingerprint density at radius 1 is 1.35 bits per heavy atom. The Hall–Kier alpha value is -2.70. The van der Waals surface area contributed by atoms with E-state index in [1.54, 1.807) is 25.3 Å². The van der Waals surface area contributed by atoms with Gasteiger partial charge in [-0.1, -0.05) is 18.2 Å². The molecule has 0 fully saturated rings. The Morgan fingerprint density at radius 2 is 2.04 bits per heavy atom. The second-order valence-electron chi connectivity index (χ2n) is 5.25. The number of para-hydroxylation sites is 1. The van der Waals surface area contributed by atoms with E-state index in [0.717, 1.165) is 10.9 Å². The quantitative estimate of drug-likeness (QED) is 0.365. The van der Waals surface area contributed by atoms with Crippen LogP contribution in [0.4, 0.5) is 0 Å². The third kappa shape index (κ3) is 3.56. The van der Waals surface area contributed by atoms with Crippen molar-refractivity contribution in [2.45, 2.75) is 19.8 Å². The number of hydrogen-bond acceptors (Lipinski definition) is 5. The smallest absolute Gasteiger partial charge is 0.317 e. The number of esters is 1. The highest BCUT2D eigenvalue weighted by molar-refractivity contribution is 5.99. The standard InChI is InChI=1S/C16H18N2O5/c1-3-23-16(20)15(10(2)19)13(9-18(21)22)12-8-17-14-7-5-4-6-11(12)14/h4-8,13,15,17H,3,9H2,1-2H3. The van der Waals surface area contributed by atoms with E-state index in [-0.39, 0.29) is 6.61 Å². The van der Waals surface area contributed by atoms with Crippen LogP contribution in [0.5, 0.6) is 0 Å². The lowest BCUT2D eigenvalue weighted by atomic mass is 9.83. The number of ether oxygens (including phenoxy) is 1. The van der Waals surface area contributed by atoms with Crippen LogP contribution in [0.2, 0.25) is 0 Å².